The highest BCUT2D eigenvalue weighted by Crippen LogP contribution is 2.21. The third-order valence-electron chi connectivity index (χ3n) is 1.64. The molecule has 0 radical (unpaired) electrons. The molecule has 0 saturated carbocycles. The Bertz CT molecular complexity index is 367. The van der Waals surface area contributed by atoms with Crippen LogP contribution in [0.15, 0.2) is 24.4 Å². The van der Waals surface area contributed by atoms with Crippen molar-refractivity contribution in [1.29, 1.82) is 0 Å². The van der Waals surface area contributed by atoms with Gasteiger partial charge in [-0.3, -0.25) is 0 Å². The SMILES string of the molecule is CNc1ccc2sncc2c1. The molecule has 0 unspecified atom stereocenters. The molecule has 0 atom stereocenters. The summed E-state index contributed by atoms with van der Waals surface area (Å²) in [7, 11) is 1.92. The van der Waals surface area contributed by atoms with Crippen molar-refractivity contribution in [1.82, 2.24) is 4.37 Å². The van der Waals surface area contributed by atoms with Crippen LogP contribution < -0.4 is 5.32 Å². The van der Waals surface area contributed by atoms with Gasteiger partial charge in [-0.2, -0.15) is 4.37 Å². The summed E-state index contributed by atoms with van der Waals surface area (Å²) >= 11 is 1.53. The average molecular weight is 164 g/mol. The zero-order valence-corrected chi connectivity index (χ0v) is 6.98. The first-order valence-electron chi connectivity index (χ1n) is 3.42. The molecule has 1 N–H and O–H groups in total. The van der Waals surface area contributed by atoms with Crippen LogP contribution in [0.25, 0.3) is 10.1 Å². The summed E-state index contributed by atoms with van der Waals surface area (Å²) < 4.78 is 5.33. The molecule has 2 rings (SSSR count). The van der Waals surface area contributed by atoms with E-state index in [9.17, 15) is 0 Å². The van der Waals surface area contributed by atoms with Crippen molar-refractivity contribution in [3.8, 4) is 0 Å². The maximum Gasteiger partial charge on any atom is 0.0551 e. The molecule has 2 aromatic rings. The molecule has 0 aliphatic rings. The number of nitrogens with one attached hydrogen (secondary N) is 1. The van der Waals surface area contributed by atoms with Crippen LogP contribution in [-0.2, 0) is 0 Å². The first-order chi connectivity index (χ1) is 5.40. The van der Waals surface area contributed by atoms with Gasteiger partial charge in [-0.25, -0.2) is 0 Å². The molecule has 0 saturated heterocycles. The highest BCUT2D eigenvalue weighted by atomic mass is 32.1. The van der Waals surface area contributed by atoms with Gasteiger partial charge >= 0.3 is 0 Å². The summed E-state index contributed by atoms with van der Waals surface area (Å²) in [6.45, 7) is 0. The van der Waals surface area contributed by atoms with Crippen molar-refractivity contribution in [3.05, 3.63) is 24.4 Å². The third kappa shape index (κ3) is 1.07. The van der Waals surface area contributed by atoms with Gasteiger partial charge in [0.1, 0.15) is 0 Å². The zero-order chi connectivity index (χ0) is 7.68. The number of hydrogen-bond acceptors (Lipinski definition) is 3. The fourth-order valence-corrected chi connectivity index (χ4v) is 1.65. The quantitative estimate of drug-likeness (QED) is 0.699. The predicted octanol–water partition coefficient (Wildman–Crippen LogP) is 2.34. The third-order valence-corrected chi connectivity index (χ3v) is 2.42. The van der Waals surface area contributed by atoms with Gasteiger partial charge in [0.15, 0.2) is 0 Å². The highest BCUT2D eigenvalue weighted by molar-refractivity contribution is 7.13. The number of nitrogens with zero attached hydrogens (tertiary/aromatic N) is 1. The van der Waals surface area contributed by atoms with Crippen LogP contribution >= 0.6 is 11.5 Å². The Hall–Kier alpha value is -1.09. The van der Waals surface area contributed by atoms with E-state index in [1.807, 2.05) is 13.2 Å². The topological polar surface area (TPSA) is 24.9 Å². The second kappa shape index (κ2) is 2.51. The Morgan fingerprint density at radius 1 is 1.45 bits per heavy atom. The Labute approximate surface area is 69.0 Å². The van der Waals surface area contributed by atoms with Crippen LogP contribution in [-0.4, -0.2) is 11.4 Å². The van der Waals surface area contributed by atoms with Gasteiger partial charge in [-0.05, 0) is 29.7 Å². The van der Waals surface area contributed by atoms with E-state index >= 15 is 0 Å². The normalized spacial score (nSPS) is 10.3. The molecule has 56 valence electrons. The molecule has 0 fully saturated rings. The van der Waals surface area contributed by atoms with Crippen molar-refractivity contribution in [2.45, 2.75) is 0 Å². The monoisotopic (exact) mass is 164 g/mol. The molecule has 11 heavy (non-hydrogen) atoms. The molecule has 0 bridgehead atoms. The molecule has 3 heteroatoms. The van der Waals surface area contributed by atoms with E-state index in [0.29, 0.717) is 0 Å². The Balaban J connectivity index is 2.67. The highest BCUT2D eigenvalue weighted by Gasteiger charge is 1.95. The van der Waals surface area contributed by atoms with Crippen molar-refractivity contribution >= 4 is 27.3 Å². The predicted molar refractivity (Wildman–Crippen MR) is 49.2 cm³/mol. The van der Waals surface area contributed by atoms with Gasteiger partial charge in [0.25, 0.3) is 0 Å². The molecule has 0 aliphatic carbocycles. The minimum absolute atomic E-state index is 1.14. The first-order valence-corrected chi connectivity index (χ1v) is 4.20. The lowest BCUT2D eigenvalue weighted by molar-refractivity contribution is 1.53. The van der Waals surface area contributed by atoms with Crippen LogP contribution in [0.1, 0.15) is 0 Å². The van der Waals surface area contributed by atoms with Crippen LogP contribution in [0, 0.1) is 0 Å². The second-order valence-electron chi connectivity index (χ2n) is 2.33. The number of anilines is 1. The summed E-state index contributed by atoms with van der Waals surface area (Å²) in [5.41, 5.74) is 1.14. The Morgan fingerprint density at radius 2 is 2.36 bits per heavy atom. The van der Waals surface area contributed by atoms with Crippen molar-refractivity contribution in [2.75, 3.05) is 12.4 Å². The lowest BCUT2D eigenvalue weighted by Crippen LogP contribution is -1.85. The molecule has 2 nitrogen and oxygen atoms in total. The molecular formula is C8H8N2S. The summed E-state index contributed by atoms with van der Waals surface area (Å²) in [5.74, 6) is 0. The van der Waals surface area contributed by atoms with Crippen molar-refractivity contribution < 1.29 is 0 Å². The van der Waals surface area contributed by atoms with Gasteiger partial charge in [0.2, 0.25) is 0 Å². The second-order valence-corrected chi connectivity index (χ2v) is 3.16. The Morgan fingerprint density at radius 3 is 3.18 bits per heavy atom. The lowest BCUT2D eigenvalue weighted by Gasteiger charge is -1.96. The van der Waals surface area contributed by atoms with E-state index in [1.165, 1.54) is 21.6 Å². The molecular weight excluding hydrogens is 156 g/mol. The molecule has 0 spiro atoms. The average Bonchev–Trinajstić information content (AvgIpc) is 2.50. The van der Waals surface area contributed by atoms with Crippen LogP contribution in [0.2, 0.25) is 0 Å². The molecule has 0 amide bonds. The van der Waals surface area contributed by atoms with Crippen LogP contribution in [0.5, 0.6) is 0 Å². The maximum absolute atomic E-state index is 4.09. The maximum atomic E-state index is 4.09. The number of hydrogen-bond donors (Lipinski definition) is 1. The first kappa shape index (κ1) is 6.61. The van der Waals surface area contributed by atoms with Gasteiger partial charge in [0, 0.05) is 24.3 Å². The standard InChI is InChI=1S/C8H8N2S/c1-9-7-2-3-8-6(4-7)5-10-11-8/h2-5,9H,1H3. The molecule has 1 aromatic carbocycles. The molecule has 0 aliphatic heterocycles. The van der Waals surface area contributed by atoms with E-state index in [0.717, 1.165) is 5.69 Å². The van der Waals surface area contributed by atoms with Crippen LogP contribution in [0.3, 0.4) is 0 Å². The minimum Gasteiger partial charge on any atom is -0.388 e. The molecule has 1 heterocycles. The number of benzene rings is 1. The smallest absolute Gasteiger partial charge is 0.0551 e. The summed E-state index contributed by atoms with van der Waals surface area (Å²) in [4.78, 5) is 0. The molecule has 1 aromatic heterocycles. The fourth-order valence-electron chi connectivity index (χ4n) is 1.03. The van der Waals surface area contributed by atoms with Crippen molar-refractivity contribution in [2.24, 2.45) is 0 Å². The summed E-state index contributed by atoms with van der Waals surface area (Å²) in [6.07, 6.45) is 1.89. The van der Waals surface area contributed by atoms with E-state index < -0.39 is 0 Å². The number of rotatable bonds is 1. The largest absolute Gasteiger partial charge is 0.388 e. The minimum atomic E-state index is 1.14. The van der Waals surface area contributed by atoms with Crippen molar-refractivity contribution in [3.63, 3.8) is 0 Å². The summed E-state index contributed by atoms with van der Waals surface area (Å²) in [6, 6.07) is 6.23. The Kier molecular flexibility index (Phi) is 1.51. The number of aromatic nitrogens is 1. The van der Waals surface area contributed by atoms with E-state index in [4.69, 9.17) is 0 Å². The van der Waals surface area contributed by atoms with E-state index in [1.54, 1.807) is 0 Å². The van der Waals surface area contributed by atoms with Gasteiger partial charge in [-0.15, -0.1) is 0 Å². The zero-order valence-electron chi connectivity index (χ0n) is 6.16. The summed E-state index contributed by atoms with van der Waals surface area (Å²) in [5, 5.41) is 4.30. The van der Waals surface area contributed by atoms with E-state index in [-0.39, 0.29) is 0 Å². The van der Waals surface area contributed by atoms with Gasteiger partial charge in [0.05, 0.1) is 4.70 Å². The van der Waals surface area contributed by atoms with Gasteiger partial charge in [-0.1, -0.05) is 0 Å². The van der Waals surface area contributed by atoms with Gasteiger partial charge < -0.3 is 5.32 Å². The fraction of sp³-hybridized carbons (Fsp3) is 0.125. The lowest BCUT2D eigenvalue weighted by atomic mass is 10.2. The van der Waals surface area contributed by atoms with Crippen LogP contribution in [0.4, 0.5) is 5.69 Å². The van der Waals surface area contributed by atoms with E-state index in [2.05, 4.69) is 27.9 Å². The number of fused-ring (bicyclic) bond motifs is 1.